The Morgan fingerprint density at radius 1 is 1.53 bits per heavy atom. The normalized spacial score (nSPS) is 28.0. The highest BCUT2D eigenvalue weighted by atomic mass is 16.4. The van der Waals surface area contributed by atoms with E-state index in [1.54, 1.807) is 0 Å². The minimum Gasteiger partial charge on any atom is -0.481 e. The molecule has 1 aliphatic carbocycles. The highest BCUT2D eigenvalue weighted by molar-refractivity contribution is 5.70. The van der Waals surface area contributed by atoms with Crippen molar-refractivity contribution < 1.29 is 9.90 Å². The standard InChI is InChI=1S/C11H18N2O2/c1-2-9(7-12)13-10-5-3-8(4-6-10)11(14)15/h8-10,13H,2-6H2,1H3,(H,14,15). The first-order valence-electron chi connectivity index (χ1n) is 5.55. The van der Waals surface area contributed by atoms with Crippen LogP contribution in [0, 0.1) is 17.2 Å². The molecule has 4 nitrogen and oxygen atoms in total. The van der Waals surface area contributed by atoms with E-state index in [0.717, 1.165) is 32.1 Å². The first-order valence-corrected chi connectivity index (χ1v) is 5.55. The molecule has 0 aromatic carbocycles. The van der Waals surface area contributed by atoms with E-state index >= 15 is 0 Å². The van der Waals surface area contributed by atoms with Gasteiger partial charge < -0.3 is 5.11 Å². The molecule has 0 spiro atoms. The third-order valence-electron chi connectivity index (χ3n) is 3.08. The third kappa shape index (κ3) is 3.52. The Hall–Kier alpha value is -1.08. The molecule has 1 rings (SSSR count). The van der Waals surface area contributed by atoms with Crippen LogP contribution in [0.3, 0.4) is 0 Å². The van der Waals surface area contributed by atoms with Gasteiger partial charge in [-0.3, -0.25) is 10.1 Å². The number of hydrogen-bond donors (Lipinski definition) is 2. The molecule has 0 amide bonds. The summed E-state index contributed by atoms with van der Waals surface area (Å²) < 4.78 is 0. The van der Waals surface area contributed by atoms with Crippen molar-refractivity contribution in [3.63, 3.8) is 0 Å². The SMILES string of the molecule is CCC(C#N)NC1CCC(C(=O)O)CC1. The number of nitrogens with zero attached hydrogens (tertiary/aromatic N) is 1. The molecule has 2 N–H and O–H groups in total. The smallest absolute Gasteiger partial charge is 0.306 e. The largest absolute Gasteiger partial charge is 0.481 e. The Kier molecular flexibility index (Phi) is 4.57. The second-order valence-corrected chi connectivity index (χ2v) is 4.14. The quantitative estimate of drug-likeness (QED) is 0.738. The summed E-state index contributed by atoms with van der Waals surface area (Å²) in [5.74, 6) is -0.856. The van der Waals surface area contributed by atoms with E-state index < -0.39 is 5.97 Å². The Balaban J connectivity index is 2.32. The molecule has 4 heteroatoms. The van der Waals surface area contributed by atoms with Crippen molar-refractivity contribution in [3.8, 4) is 6.07 Å². The number of carboxylic acid groups (broad SMARTS) is 1. The average molecular weight is 210 g/mol. The van der Waals surface area contributed by atoms with Crippen LogP contribution in [-0.2, 0) is 4.79 Å². The Labute approximate surface area is 90.3 Å². The first kappa shape index (κ1) is 12.0. The molecule has 1 fully saturated rings. The van der Waals surface area contributed by atoms with Gasteiger partial charge in [-0.15, -0.1) is 0 Å². The molecule has 0 heterocycles. The number of carbonyl (C=O) groups is 1. The molecule has 0 bridgehead atoms. The molecule has 0 aliphatic heterocycles. The number of hydrogen-bond acceptors (Lipinski definition) is 3. The lowest BCUT2D eigenvalue weighted by atomic mass is 9.86. The van der Waals surface area contributed by atoms with E-state index in [1.807, 2.05) is 6.92 Å². The number of nitriles is 1. The van der Waals surface area contributed by atoms with Gasteiger partial charge in [0.05, 0.1) is 18.0 Å². The molecule has 1 saturated carbocycles. The number of nitrogens with one attached hydrogen (secondary N) is 1. The van der Waals surface area contributed by atoms with Crippen molar-refractivity contribution in [2.75, 3.05) is 0 Å². The second kappa shape index (κ2) is 5.72. The molecule has 15 heavy (non-hydrogen) atoms. The number of aliphatic carboxylic acids is 1. The minimum atomic E-state index is -0.680. The van der Waals surface area contributed by atoms with Crippen LogP contribution in [0.1, 0.15) is 39.0 Å². The molecule has 1 unspecified atom stereocenters. The predicted molar refractivity (Wildman–Crippen MR) is 56.2 cm³/mol. The Morgan fingerprint density at radius 2 is 2.13 bits per heavy atom. The molecular formula is C11H18N2O2. The van der Waals surface area contributed by atoms with Gasteiger partial charge in [-0.1, -0.05) is 6.92 Å². The van der Waals surface area contributed by atoms with Crippen molar-refractivity contribution in [3.05, 3.63) is 0 Å². The van der Waals surface area contributed by atoms with Gasteiger partial charge >= 0.3 is 5.97 Å². The van der Waals surface area contributed by atoms with E-state index in [-0.39, 0.29) is 12.0 Å². The summed E-state index contributed by atoms with van der Waals surface area (Å²) in [7, 11) is 0. The van der Waals surface area contributed by atoms with Crippen LogP contribution in [0.15, 0.2) is 0 Å². The average Bonchev–Trinajstić information content (AvgIpc) is 2.26. The molecular weight excluding hydrogens is 192 g/mol. The maximum absolute atomic E-state index is 10.7. The van der Waals surface area contributed by atoms with Crippen molar-refractivity contribution in [2.24, 2.45) is 5.92 Å². The lowest BCUT2D eigenvalue weighted by molar-refractivity contribution is -0.142. The fourth-order valence-corrected chi connectivity index (χ4v) is 2.04. The van der Waals surface area contributed by atoms with Gasteiger partial charge in [0.1, 0.15) is 0 Å². The van der Waals surface area contributed by atoms with E-state index in [1.165, 1.54) is 0 Å². The van der Waals surface area contributed by atoms with Crippen LogP contribution in [0.4, 0.5) is 0 Å². The topological polar surface area (TPSA) is 73.1 Å². The highest BCUT2D eigenvalue weighted by Crippen LogP contribution is 2.24. The van der Waals surface area contributed by atoms with Crippen molar-refractivity contribution in [2.45, 2.75) is 51.1 Å². The Morgan fingerprint density at radius 3 is 2.53 bits per heavy atom. The lowest BCUT2D eigenvalue weighted by Crippen LogP contribution is -2.40. The summed E-state index contributed by atoms with van der Waals surface area (Å²) >= 11 is 0. The maximum atomic E-state index is 10.7. The van der Waals surface area contributed by atoms with Gasteiger partial charge in [-0.05, 0) is 32.1 Å². The molecule has 0 radical (unpaired) electrons. The molecule has 0 aromatic heterocycles. The summed E-state index contributed by atoms with van der Waals surface area (Å²) in [5, 5.41) is 20.9. The summed E-state index contributed by atoms with van der Waals surface area (Å²) in [6.07, 6.45) is 4.00. The fourth-order valence-electron chi connectivity index (χ4n) is 2.04. The molecule has 0 saturated heterocycles. The minimum absolute atomic E-state index is 0.0867. The van der Waals surface area contributed by atoms with Gasteiger partial charge in [0.25, 0.3) is 0 Å². The van der Waals surface area contributed by atoms with Crippen molar-refractivity contribution in [1.29, 1.82) is 5.26 Å². The molecule has 84 valence electrons. The van der Waals surface area contributed by atoms with Crippen LogP contribution in [-0.4, -0.2) is 23.2 Å². The Bertz CT molecular complexity index is 252. The maximum Gasteiger partial charge on any atom is 0.306 e. The third-order valence-corrected chi connectivity index (χ3v) is 3.08. The van der Waals surface area contributed by atoms with Gasteiger partial charge in [-0.2, -0.15) is 5.26 Å². The van der Waals surface area contributed by atoms with E-state index in [0.29, 0.717) is 6.04 Å². The summed E-state index contributed by atoms with van der Waals surface area (Å²) in [4.78, 5) is 10.7. The zero-order chi connectivity index (χ0) is 11.3. The van der Waals surface area contributed by atoms with Crippen LogP contribution in [0.5, 0.6) is 0 Å². The molecule has 1 atom stereocenters. The van der Waals surface area contributed by atoms with E-state index in [4.69, 9.17) is 10.4 Å². The lowest BCUT2D eigenvalue weighted by Gasteiger charge is -2.28. The number of carboxylic acids is 1. The van der Waals surface area contributed by atoms with Gasteiger partial charge in [0.2, 0.25) is 0 Å². The highest BCUT2D eigenvalue weighted by Gasteiger charge is 2.26. The summed E-state index contributed by atoms with van der Waals surface area (Å²) in [5.41, 5.74) is 0. The summed E-state index contributed by atoms with van der Waals surface area (Å²) in [6, 6.07) is 2.44. The van der Waals surface area contributed by atoms with Crippen molar-refractivity contribution in [1.82, 2.24) is 5.32 Å². The fraction of sp³-hybridized carbons (Fsp3) is 0.818. The zero-order valence-corrected chi connectivity index (χ0v) is 9.07. The molecule has 1 aliphatic rings. The second-order valence-electron chi connectivity index (χ2n) is 4.14. The van der Waals surface area contributed by atoms with Crippen LogP contribution in [0.25, 0.3) is 0 Å². The van der Waals surface area contributed by atoms with Gasteiger partial charge in [0.15, 0.2) is 0 Å². The summed E-state index contributed by atoms with van der Waals surface area (Å²) in [6.45, 7) is 1.98. The zero-order valence-electron chi connectivity index (χ0n) is 9.07. The van der Waals surface area contributed by atoms with E-state index in [9.17, 15) is 4.79 Å². The van der Waals surface area contributed by atoms with Gasteiger partial charge in [-0.25, -0.2) is 0 Å². The monoisotopic (exact) mass is 210 g/mol. The molecule has 0 aromatic rings. The first-order chi connectivity index (χ1) is 7.17. The van der Waals surface area contributed by atoms with E-state index in [2.05, 4.69) is 11.4 Å². The van der Waals surface area contributed by atoms with Crippen LogP contribution in [0.2, 0.25) is 0 Å². The van der Waals surface area contributed by atoms with Crippen molar-refractivity contribution >= 4 is 5.97 Å². The predicted octanol–water partition coefficient (Wildman–Crippen LogP) is 1.52. The van der Waals surface area contributed by atoms with Crippen LogP contribution >= 0.6 is 0 Å². The van der Waals surface area contributed by atoms with Gasteiger partial charge in [0, 0.05) is 6.04 Å². The van der Waals surface area contributed by atoms with Crippen LogP contribution < -0.4 is 5.32 Å². The number of rotatable bonds is 4.